The summed E-state index contributed by atoms with van der Waals surface area (Å²) in [6.45, 7) is 0. The minimum absolute atomic E-state index is 0.148. The summed E-state index contributed by atoms with van der Waals surface area (Å²) >= 11 is 0. The normalized spacial score (nSPS) is 13.3. The van der Waals surface area contributed by atoms with E-state index in [1.165, 1.54) is 18.2 Å². The molecular weight excluding hydrogens is 256 g/mol. The number of carboxylic acids is 1. The number of carbonyl (C=O) groups is 3. The molecule has 1 aromatic carbocycles. The number of imide groups is 1. The topological polar surface area (TPSA) is 127 Å². The standard InChI is InChI=1S/C7H5NO4.C4H5NO2/c9-7(10)5-3-1-2-4-6(5)8(11)12;6-3-1-2-4(7)5-3/h1-4H,(H,9,10);1-2H2,(H,5,6,7). The average Bonchev–Trinajstić information content (AvgIpc) is 2.73. The van der Waals surface area contributed by atoms with Crippen LogP contribution < -0.4 is 5.32 Å². The number of carbonyl (C=O) groups excluding carboxylic acids is 2. The molecular formula is C11H10N2O6. The number of carboxylic acid groups (broad SMARTS) is 1. The highest BCUT2D eigenvalue weighted by atomic mass is 16.6. The molecule has 19 heavy (non-hydrogen) atoms. The smallest absolute Gasteiger partial charge is 0.342 e. The van der Waals surface area contributed by atoms with E-state index in [4.69, 9.17) is 5.11 Å². The van der Waals surface area contributed by atoms with Crippen LogP contribution in [0.2, 0.25) is 0 Å². The van der Waals surface area contributed by atoms with Gasteiger partial charge in [-0.3, -0.25) is 25.0 Å². The molecule has 0 spiro atoms. The highest BCUT2D eigenvalue weighted by Crippen LogP contribution is 2.16. The summed E-state index contributed by atoms with van der Waals surface area (Å²) in [5.74, 6) is -1.59. The minimum atomic E-state index is -1.29. The van der Waals surface area contributed by atoms with Crippen molar-refractivity contribution in [2.45, 2.75) is 12.8 Å². The van der Waals surface area contributed by atoms with Crippen LogP contribution in [0.4, 0.5) is 5.69 Å². The molecule has 0 bridgehead atoms. The van der Waals surface area contributed by atoms with Crippen molar-refractivity contribution >= 4 is 23.5 Å². The van der Waals surface area contributed by atoms with Gasteiger partial charge in [-0.05, 0) is 6.07 Å². The summed E-state index contributed by atoms with van der Waals surface area (Å²) in [5.41, 5.74) is -0.674. The number of amides is 2. The van der Waals surface area contributed by atoms with E-state index in [1.54, 1.807) is 0 Å². The molecule has 0 aliphatic carbocycles. The first-order chi connectivity index (χ1) is 8.91. The lowest BCUT2D eigenvalue weighted by Gasteiger charge is -1.94. The van der Waals surface area contributed by atoms with Crippen molar-refractivity contribution in [2.24, 2.45) is 0 Å². The number of para-hydroxylation sites is 1. The van der Waals surface area contributed by atoms with E-state index in [9.17, 15) is 24.5 Å². The monoisotopic (exact) mass is 266 g/mol. The number of nitrogens with zero attached hydrogens (tertiary/aromatic N) is 1. The van der Waals surface area contributed by atoms with Gasteiger partial charge in [0.2, 0.25) is 11.8 Å². The van der Waals surface area contributed by atoms with Crippen molar-refractivity contribution in [3.05, 3.63) is 39.9 Å². The van der Waals surface area contributed by atoms with E-state index in [0.717, 1.165) is 6.07 Å². The van der Waals surface area contributed by atoms with Crippen LogP contribution in [0.3, 0.4) is 0 Å². The zero-order chi connectivity index (χ0) is 14.4. The quantitative estimate of drug-likeness (QED) is 0.461. The number of nitro groups is 1. The molecule has 0 unspecified atom stereocenters. The van der Waals surface area contributed by atoms with Crippen LogP contribution in [0.1, 0.15) is 23.2 Å². The van der Waals surface area contributed by atoms with Crippen molar-refractivity contribution in [3.8, 4) is 0 Å². The summed E-state index contributed by atoms with van der Waals surface area (Å²) in [4.78, 5) is 40.2. The third kappa shape index (κ3) is 4.19. The zero-order valence-electron chi connectivity index (χ0n) is 9.66. The summed E-state index contributed by atoms with van der Waals surface area (Å²) in [6.07, 6.45) is 0.748. The van der Waals surface area contributed by atoms with Gasteiger partial charge in [-0.1, -0.05) is 12.1 Å². The SMILES string of the molecule is O=C(O)c1ccccc1[N+](=O)[O-].O=C1CCC(=O)N1. The maximum absolute atomic E-state index is 10.4. The number of rotatable bonds is 2. The minimum Gasteiger partial charge on any atom is -0.477 e. The predicted molar refractivity (Wildman–Crippen MR) is 62.4 cm³/mol. The van der Waals surface area contributed by atoms with Gasteiger partial charge in [-0.15, -0.1) is 0 Å². The number of nitro benzene ring substituents is 1. The molecule has 0 saturated carbocycles. The van der Waals surface area contributed by atoms with Gasteiger partial charge in [0.1, 0.15) is 5.56 Å². The average molecular weight is 266 g/mol. The van der Waals surface area contributed by atoms with Gasteiger partial charge in [-0.25, -0.2) is 4.79 Å². The molecule has 1 aliphatic heterocycles. The first-order valence-electron chi connectivity index (χ1n) is 5.21. The fourth-order valence-electron chi connectivity index (χ4n) is 1.32. The van der Waals surface area contributed by atoms with E-state index in [0.29, 0.717) is 12.8 Å². The van der Waals surface area contributed by atoms with Crippen LogP contribution in [0.5, 0.6) is 0 Å². The molecule has 0 radical (unpaired) electrons. The fourth-order valence-corrected chi connectivity index (χ4v) is 1.32. The number of benzene rings is 1. The maximum atomic E-state index is 10.4. The summed E-state index contributed by atoms with van der Waals surface area (Å²) in [5, 5.41) is 20.9. The van der Waals surface area contributed by atoms with E-state index in [1.807, 2.05) is 0 Å². The molecule has 2 N–H and O–H groups in total. The molecule has 2 amide bonds. The lowest BCUT2D eigenvalue weighted by Crippen LogP contribution is -2.18. The second-order valence-electron chi connectivity index (χ2n) is 3.55. The van der Waals surface area contributed by atoms with Crippen molar-refractivity contribution in [1.82, 2.24) is 5.32 Å². The van der Waals surface area contributed by atoms with Crippen molar-refractivity contribution in [3.63, 3.8) is 0 Å². The summed E-state index contributed by atoms with van der Waals surface area (Å²) in [7, 11) is 0. The number of hydrogen-bond acceptors (Lipinski definition) is 5. The summed E-state index contributed by atoms with van der Waals surface area (Å²) < 4.78 is 0. The van der Waals surface area contributed by atoms with Crippen LogP contribution in [-0.2, 0) is 9.59 Å². The van der Waals surface area contributed by atoms with E-state index in [-0.39, 0.29) is 23.1 Å². The molecule has 8 nitrogen and oxygen atoms in total. The van der Waals surface area contributed by atoms with Gasteiger partial charge < -0.3 is 5.11 Å². The predicted octanol–water partition coefficient (Wildman–Crippen LogP) is 0.716. The lowest BCUT2D eigenvalue weighted by molar-refractivity contribution is -0.385. The Bertz CT molecular complexity index is 493. The van der Waals surface area contributed by atoms with Gasteiger partial charge in [0, 0.05) is 18.9 Å². The Morgan fingerprint density at radius 1 is 1.21 bits per heavy atom. The van der Waals surface area contributed by atoms with Gasteiger partial charge >= 0.3 is 5.97 Å². The Labute approximate surface area is 107 Å². The van der Waals surface area contributed by atoms with Gasteiger partial charge in [0.15, 0.2) is 0 Å². The molecule has 8 heteroatoms. The molecule has 1 saturated heterocycles. The van der Waals surface area contributed by atoms with Crippen molar-refractivity contribution < 1.29 is 24.4 Å². The largest absolute Gasteiger partial charge is 0.477 e. The molecule has 0 aromatic heterocycles. The van der Waals surface area contributed by atoms with Crippen molar-refractivity contribution in [2.75, 3.05) is 0 Å². The van der Waals surface area contributed by atoms with Crippen LogP contribution >= 0.6 is 0 Å². The van der Waals surface area contributed by atoms with Gasteiger partial charge in [0.25, 0.3) is 5.69 Å². The lowest BCUT2D eigenvalue weighted by atomic mass is 10.2. The molecule has 1 aliphatic rings. The first-order valence-corrected chi connectivity index (χ1v) is 5.21. The Hall–Kier alpha value is -2.77. The van der Waals surface area contributed by atoms with E-state index in [2.05, 4.69) is 5.32 Å². The molecule has 1 aromatic rings. The molecule has 2 rings (SSSR count). The van der Waals surface area contributed by atoms with Crippen LogP contribution in [0, 0.1) is 10.1 Å². The third-order valence-electron chi connectivity index (χ3n) is 2.19. The van der Waals surface area contributed by atoms with E-state index >= 15 is 0 Å². The second-order valence-corrected chi connectivity index (χ2v) is 3.55. The van der Waals surface area contributed by atoms with Crippen LogP contribution in [-0.4, -0.2) is 27.8 Å². The second kappa shape index (κ2) is 6.24. The number of nitrogens with one attached hydrogen (secondary N) is 1. The molecule has 1 fully saturated rings. The van der Waals surface area contributed by atoms with Crippen LogP contribution in [0.15, 0.2) is 24.3 Å². The Morgan fingerprint density at radius 3 is 2.05 bits per heavy atom. The van der Waals surface area contributed by atoms with Gasteiger partial charge in [0.05, 0.1) is 4.92 Å². The van der Waals surface area contributed by atoms with Gasteiger partial charge in [-0.2, -0.15) is 0 Å². The molecule has 100 valence electrons. The highest BCUT2D eigenvalue weighted by Gasteiger charge is 2.17. The maximum Gasteiger partial charge on any atom is 0.342 e. The zero-order valence-corrected chi connectivity index (χ0v) is 9.66. The van der Waals surface area contributed by atoms with Crippen LogP contribution in [0.25, 0.3) is 0 Å². The molecule has 0 atom stereocenters. The van der Waals surface area contributed by atoms with Crippen molar-refractivity contribution in [1.29, 1.82) is 0 Å². The first kappa shape index (κ1) is 14.3. The Balaban J connectivity index is 0.000000218. The fraction of sp³-hybridized carbons (Fsp3) is 0.182. The number of aromatic carboxylic acids is 1. The Kier molecular flexibility index (Phi) is 4.69. The Morgan fingerprint density at radius 2 is 1.74 bits per heavy atom. The summed E-state index contributed by atoms with van der Waals surface area (Å²) in [6, 6.07) is 5.21. The number of hydrogen-bond donors (Lipinski definition) is 2. The highest BCUT2D eigenvalue weighted by molar-refractivity contribution is 6.01. The molecule has 1 heterocycles. The third-order valence-corrected chi connectivity index (χ3v) is 2.19. The van der Waals surface area contributed by atoms with E-state index < -0.39 is 10.9 Å².